The van der Waals surface area contributed by atoms with Crippen LogP contribution in [0.4, 0.5) is 0 Å². The minimum Gasteiger partial charge on any atom is -0.486 e. The van der Waals surface area contributed by atoms with Crippen molar-refractivity contribution in [2.75, 3.05) is 0 Å². The van der Waals surface area contributed by atoms with Crippen molar-refractivity contribution in [3.8, 4) is 28.1 Å². The molecule has 0 aliphatic rings. The molecule has 3 aromatic heterocycles. The molecule has 0 unspecified atom stereocenters. The van der Waals surface area contributed by atoms with E-state index in [0.717, 1.165) is 22.4 Å². The Bertz CT molecular complexity index is 1450. The Labute approximate surface area is 184 Å². The van der Waals surface area contributed by atoms with Gasteiger partial charge >= 0.3 is 0 Å². The number of ether oxygens (including phenoxy) is 1. The molecule has 0 fully saturated rings. The van der Waals surface area contributed by atoms with Crippen LogP contribution in [0.2, 0.25) is 0 Å². The summed E-state index contributed by atoms with van der Waals surface area (Å²) < 4.78 is 9.27. The molecule has 5 aromatic rings. The van der Waals surface area contributed by atoms with Gasteiger partial charge in [-0.15, -0.1) is 0 Å². The lowest BCUT2D eigenvalue weighted by Crippen LogP contribution is -2.23. The maximum atomic E-state index is 12.6. The second kappa shape index (κ2) is 8.11. The molecule has 7 nitrogen and oxygen atoms in total. The summed E-state index contributed by atoms with van der Waals surface area (Å²) in [6.07, 6.45) is 5.55. The molecule has 32 heavy (non-hydrogen) atoms. The van der Waals surface area contributed by atoms with E-state index in [1.54, 1.807) is 30.2 Å². The molecular weight excluding hydrogens is 401 g/mol. The highest BCUT2D eigenvalue weighted by atomic mass is 16.5. The Morgan fingerprint density at radius 1 is 0.906 bits per heavy atom. The summed E-state index contributed by atoms with van der Waals surface area (Å²) in [5.74, 6) is 1.26. The highest BCUT2D eigenvalue weighted by Gasteiger charge is 2.13. The van der Waals surface area contributed by atoms with Gasteiger partial charge in [-0.25, -0.2) is 4.98 Å². The highest BCUT2D eigenvalue weighted by molar-refractivity contribution is 5.80. The molecule has 0 saturated carbocycles. The number of aromatic nitrogens is 5. The molecular formula is C25H21N5O2. The van der Waals surface area contributed by atoms with E-state index < -0.39 is 0 Å². The summed E-state index contributed by atoms with van der Waals surface area (Å²) >= 11 is 0. The van der Waals surface area contributed by atoms with E-state index in [-0.39, 0.29) is 12.2 Å². The number of rotatable bonds is 5. The lowest BCUT2D eigenvalue weighted by molar-refractivity contribution is 0.290. The topological polar surface area (TPSA) is 74.8 Å². The molecule has 158 valence electrons. The monoisotopic (exact) mass is 422 g/mol. The van der Waals surface area contributed by atoms with Crippen LogP contribution in [0.1, 0.15) is 5.82 Å². The summed E-state index contributed by atoms with van der Waals surface area (Å²) in [7, 11) is 3.62. The van der Waals surface area contributed by atoms with Crippen molar-refractivity contribution in [2.24, 2.45) is 14.1 Å². The van der Waals surface area contributed by atoms with Gasteiger partial charge in [0.2, 0.25) is 0 Å². The SMILES string of the molecule is Cn1c(COc2ccc(-c3nn([11CH3])cc3-c3ccncc3)cc2)nc2ccccc2c1=O. The van der Waals surface area contributed by atoms with Crippen molar-refractivity contribution in [3.05, 3.63) is 95.4 Å². The fraction of sp³-hybridized carbons (Fsp3) is 0.120. The van der Waals surface area contributed by atoms with Crippen LogP contribution >= 0.6 is 0 Å². The standard InChI is InChI=1S/C25H21N5O2/c1-29-15-21(17-11-13-26-14-12-17)24(28-29)18-7-9-19(10-8-18)32-16-23-27-22-6-4-3-5-20(22)25(31)30(23)2/h3-15H,16H2,1-2H3/i1-1. The van der Waals surface area contributed by atoms with Crippen LogP contribution in [0.15, 0.2) is 84.0 Å². The van der Waals surface area contributed by atoms with Gasteiger partial charge in [-0.05, 0) is 54.1 Å². The third-order valence-corrected chi connectivity index (χ3v) is 5.39. The average Bonchev–Trinajstić information content (AvgIpc) is 3.23. The van der Waals surface area contributed by atoms with Gasteiger partial charge in [0.15, 0.2) is 0 Å². The first-order valence-corrected chi connectivity index (χ1v) is 10.2. The molecule has 7 heteroatoms. The number of fused-ring (bicyclic) bond motifs is 1. The first-order chi connectivity index (χ1) is 15.6. The number of hydrogen-bond acceptors (Lipinski definition) is 5. The average molecular weight is 422 g/mol. The van der Waals surface area contributed by atoms with E-state index in [1.165, 1.54) is 4.57 Å². The number of pyridine rings is 1. The summed E-state index contributed by atoms with van der Waals surface area (Å²) in [5, 5.41) is 5.24. The molecule has 0 aliphatic carbocycles. The predicted molar refractivity (Wildman–Crippen MR) is 123 cm³/mol. The van der Waals surface area contributed by atoms with Crippen molar-refractivity contribution >= 4 is 10.9 Å². The Morgan fingerprint density at radius 3 is 2.44 bits per heavy atom. The minimum absolute atomic E-state index is 0.0802. The summed E-state index contributed by atoms with van der Waals surface area (Å²) in [5.41, 5.74) is 4.57. The van der Waals surface area contributed by atoms with E-state index in [2.05, 4.69) is 15.1 Å². The first kappa shape index (κ1) is 19.7. The molecule has 0 saturated heterocycles. The van der Waals surface area contributed by atoms with Crippen molar-refractivity contribution < 1.29 is 4.74 Å². The summed E-state index contributed by atoms with van der Waals surface area (Å²) in [6, 6.07) is 19.0. The van der Waals surface area contributed by atoms with Gasteiger partial charge in [-0.3, -0.25) is 19.0 Å². The van der Waals surface area contributed by atoms with Gasteiger partial charge in [0, 0.05) is 43.8 Å². The van der Waals surface area contributed by atoms with Crippen LogP contribution in [0.3, 0.4) is 0 Å². The van der Waals surface area contributed by atoms with Crippen molar-refractivity contribution in [1.29, 1.82) is 0 Å². The van der Waals surface area contributed by atoms with Crippen LogP contribution in [-0.4, -0.2) is 24.3 Å². The predicted octanol–water partition coefficient (Wildman–Crippen LogP) is 3.98. The van der Waals surface area contributed by atoms with E-state index in [4.69, 9.17) is 4.74 Å². The van der Waals surface area contributed by atoms with Gasteiger partial charge in [0.25, 0.3) is 5.56 Å². The number of nitrogens with zero attached hydrogens (tertiary/aromatic N) is 5. The molecule has 0 radical (unpaired) electrons. The van der Waals surface area contributed by atoms with Crippen LogP contribution in [-0.2, 0) is 20.7 Å². The molecule has 0 aliphatic heterocycles. The van der Waals surface area contributed by atoms with Crippen LogP contribution in [0.25, 0.3) is 33.3 Å². The lowest BCUT2D eigenvalue weighted by Gasteiger charge is -2.11. The molecule has 5 rings (SSSR count). The molecule has 0 bridgehead atoms. The van der Waals surface area contributed by atoms with Gasteiger partial charge < -0.3 is 4.74 Å². The lowest BCUT2D eigenvalue weighted by atomic mass is 10.0. The molecule has 2 aromatic carbocycles. The van der Waals surface area contributed by atoms with Crippen LogP contribution < -0.4 is 10.3 Å². The van der Waals surface area contributed by atoms with Crippen molar-refractivity contribution in [2.45, 2.75) is 6.61 Å². The zero-order valence-electron chi connectivity index (χ0n) is 17.8. The Hall–Kier alpha value is -4.26. The molecule has 0 spiro atoms. The third kappa shape index (κ3) is 3.65. The van der Waals surface area contributed by atoms with E-state index in [9.17, 15) is 4.79 Å². The summed E-state index contributed by atoms with van der Waals surface area (Å²) in [4.78, 5) is 21.2. The minimum atomic E-state index is -0.0802. The Morgan fingerprint density at radius 2 is 1.66 bits per heavy atom. The fourth-order valence-electron chi connectivity index (χ4n) is 3.69. The van der Waals surface area contributed by atoms with E-state index >= 15 is 0 Å². The quantitative estimate of drug-likeness (QED) is 0.428. The molecule has 0 atom stereocenters. The maximum absolute atomic E-state index is 12.6. The zero-order chi connectivity index (χ0) is 22.1. The molecule has 3 heterocycles. The van der Waals surface area contributed by atoms with E-state index in [0.29, 0.717) is 22.5 Å². The Kier molecular flexibility index (Phi) is 4.99. The third-order valence-electron chi connectivity index (χ3n) is 5.39. The zero-order valence-corrected chi connectivity index (χ0v) is 17.8. The number of para-hydroxylation sites is 1. The van der Waals surface area contributed by atoms with Gasteiger partial charge in [-0.2, -0.15) is 5.10 Å². The van der Waals surface area contributed by atoms with Gasteiger partial charge in [0.1, 0.15) is 23.9 Å². The van der Waals surface area contributed by atoms with Crippen LogP contribution in [0.5, 0.6) is 5.75 Å². The first-order valence-electron chi connectivity index (χ1n) is 10.2. The van der Waals surface area contributed by atoms with Gasteiger partial charge in [0.05, 0.1) is 10.9 Å². The second-order valence-corrected chi connectivity index (χ2v) is 7.52. The van der Waals surface area contributed by atoms with Gasteiger partial charge in [-0.1, -0.05) is 12.1 Å². The highest BCUT2D eigenvalue weighted by Crippen LogP contribution is 2.31. The van der Waals surface area contributed by atoms with Crippen molar-refractivity contribution in [1.82, 2.24) is 24.3 Å². The number of aryl methyl sites for hydroxylation is 1. The largest absolute Gasteiger partial charge is 0.486 e. The second-order valence-electron chi connectivity index (χ2n) is 7.52. The number of hydrogen-bond donors (Lipinski definition) is 0. The summed E-state index contributed by atoms with van der Waals surface area (Å²) in [6.45, 7) is 0.196. The van der Waals surface area contributed by atoms with E-state index in [1.807, 2.05) is 67.8 Å². The number of benzene rings is 2. The Balaban J connectivity index is 1.39. The molecule has 0 amide bonds. The molecule has 0 N–H and O–H groups in total. The smallest absolute Gasteiger partial charge is 0.261 e. The maximum Gasteiger partial charge on any atom is 0.261 e. The van der Waals surface area contributed by atoms with Crippen molar-refractivity contribution in [3.63, 3.8) is 0 Å². The van der Waals surface area contributed by atoms with Crippen LogP contribution in [0, 0.1) is 0 Å². The normalized spacial score (nSPS) is 11.1. The fourth-order valence-corrected chi connectivity index (χ4v) is 3.69.